The number of ether oxygens (including phenoxy) is 1. The normalized spacial score (nSPS) is 11.5. The van der Waals surface area contributed by atoms with E-state index in [0.29, 0.717) is 5.88 Å². The average molecular weight is 284 g/mol. The van der Waals surface area contributed by atoms with Crippen molar-refractivity contribution in [2.24, 2.45) is 0 Å². The van der Waals surface area contributed by atoms with Gasteiger partial charge in [-0.2, -0.15) is 0 Å². The number of benzene rings is 1. The molecule has 3 heteroatoms. The molecule has 2 aromatic rings. The summed E-state index contributed by atoms with van der Waals surface area (Å²) in [6, 6.07) is 12.1. The molecule has 0 radical (unpaired) electrons. The van der Waals surface area contributed by atoms with E-state index >= 15 is 0 Å². The maximum absolute atomic E-state index is 5.92. The van der Waals surface area contributed by atoms with Crippen LogP contribution in [0.4, 0.5) is 0 Å². The summed E-state index contributed by atoms with van der Waals surface area (Å²) >= 11 is 0. The molecular weight excluding hydrogens is 260 g/mol. The summed E-state index contributed by atoms with van der Waals surface area (Å²) in [5.41, 5.74) is 3.43. The van der Waals surface area contributed by atoms with Crippen LogP contribution >= 0.6 is 0 Å². The highest BCUT2D eigenvalue weighted by atomic mass is 16.5. The third kappa shape index (κ3) is 4.30. The van der Waals surface area contributed by atoms with Gasteiger partial charge in [-0.25, -0.2) is 4.98 Å². The molecule has 0 fully saturated rings. The Morgan fingerprint density at radius 1 is 1.10 bits per heavy atom. The molecule has 0 saturated carbocycles. The van der Waals surface area contributed by atoms with Gasteiger partial charge in [0.25, 0.3) is 0 Å². The third-order valence-corrected chi connectivity index (χ3v) is 3.25. The van der Waals surface area contributed by atoms with Gasteiger partial charge >= 0.3 is 0 Å². The Balaban J connectivity index is 2.33. The molecule has 2 rings (SSSR count). The Bertz CT molecular complexity index is 598. The smallest absolute Gasteiger partial charge is 0.219 e. The van der Waals surface area contributed by atoms with Crippen LogP contribution in [0, 0.1) is 6.92 Å². The number of nitrogens with one attached hydrogen (secondary N) is 1. The largest absolute Gasteiger partial charge is 0.439 e. The molecule has 1 N–H and O–H groups in total. The quantitative estimate of drug-likeness (QED) is 0.913. The molecule has 0 aliphatic heterocycles. The molecule has 0 amide bonds. The molecule has 0 bridgehead atoms. The summed E-state index contributed by atoms with van der Waals surface area (Å²) in [4.78, 5) is 4.65. The molecule has 0 unspecified atom stereocenters. The van der Waals surface area contributed by atoms with E-state index in [1.807, 2.05) is 37.4 Å². The van der Waals surface area contributed by atoms with Crippen LogP contribution in [0.1, 0.15) is 37.6 Å². The molecule has 21 heavy (non-hydrogen) atoms. The van der Waals surface area contributed by atoms with Crippen LogP contribution in [0.5, 0.6) is 11.6 Å². The van der Waals surface area contributed by atoms with Crippen LogP contribution in [0.3, 0.4) is 0 Å². The van der Waals surface area contributed by atoms with Crippen LogP contribution in [-0.4, -0.2) is 12.0 Å². The summed E-state index contributed by atoms with van der Waals surface area (Å²) in [6.45, 7) is 9.35. The minimum atomic E-state index is -0.00482. The summed E-state index contributed by atoms with van der Waals surface area (Å²) in [5.74, 6) is 1.46. The molecule has 0 aliphatic carbocycles. The summed E-state index contributed by atoms with van der Waals surface area (Å²) in [6.07, 6.45) is 0. The van der Waals surface area contributed by atoms with Crippen molar-refractivity contribution in [2.45, 2.75) is 39.7 Å². The van der Waals surface area contributed by atoms with Crippen molar-refractivity contribution >= 4 is 0 Å². The predicted octanol–water partition coefficient (Wildman–Crippen LogP) is 4.20. The highest BCUT2D eigenvalue weighted by Gasteiger charge is 2.17. The minimum absolute atomic E-state index is 0.00482. The summed E-state index contributed by atoms with van der Waals surface area (Å²) < 4.78 is 5.92. The molecule has 0 aliphatic rings. The van der Waals surface area contributed by atoms with Gasteiger partial charge in [-0.1, -0.05) is 38.5 Å². The van der Waals surface area contributed by atoms with E-state index in [0.717, 1.165) is 18.0 Å². The first-order valence-corrected chi connectivity index (χ1v) is 7.29. The number of aryl methyl sites for hydroxylation is 1. The molecule has 0 atom stereocenters. The highest BCUT2D eigenvalue weighted by Crippen LogP contribution is 2.27. The number of hydrogen-bond donors (Lipinski definition) is 1. The fourth-order valence-corrected chi connectivity index (χ4v) is 2.03. The second-order valence-corrected chi connectivity index (χ2v) is 6.39. The lowest BCUT2D eigenvalue weighted by Gasteiger charge is -2.20. The van der Waals surface area contributed by atoms with Gasteiger partial charge in [0.15, 0.2) is 0 Å². The van der Waals surface area contributed by atoms with Crippen LogP contribution in [-0.2, 0) is 12.0 Å². The first-order chi connectivity index (χ1) is 9.88. The zero-order chi connectivity index (χ0) is 15.5. The zero-order valence-corrected chi connectivity index (χ0v) is 13.5. The van der Waals surface area contributed by atoms with Gasteiger partial charge in [0.2, 0.25) is 5.88 Å². The second kappa shape index (κ2) is 6.27. The van der Waals surface area contributed by atoms with Crippen LogP contribution in [0.2, 0.25) is 0 Å². The molecular formula is C18H24N2O. The van der Waals surface area contributed by atoms with Gasteiger partial charge in [-0.15, -0.1) is 0 Å². The maximum atomic E-state index is 5.92. The van der Waals surface area contributed by atoms with Gasteiger partial charge in [-0.05, 0) is 37.7 Å². The van der Waals surface area contributed by atoms with Crippen LogP contribution < -0.4 is 10.1 Å². The SMILES string of the molecule is CNCc1cc(Oc2ccc(C)cc2)nc(C(C)(C)C)c1. The van der Waals surface area contributed by atoms with Gasteiger partial charge in [-0.3, -0.25) is 0 Å². The molecule has 0 saturated heterocycles. The molecule has 112 valence electrons. The number of aromatic nitrogens is 1. The number of hydrogen-bond acceptors (Lipinski definition) is 3. The number of rotatable bonds is 4. The van der Waals surface area contributed by atoms with Crippen molar-refractivity contribution in [1.29, 1.82) is 0 Å². The van der Waals surface area contributed by atoms with Crippen molar-refractivity contribution < 1.29 is 4.74 Å². The lowest BCUT2D eigenvalue weighted by molar-refractivity contribution is 0.450. The van der Waals surface area contributed by atoms with E-state index in [4.69, 9.17) is 4.74 Å². The standard InChI is InChI=1S/C18H24N2O/c1-13-6-8-15(9-7-13)21-17-11-14(12-19-5)10-16(20-17)18(2,3)4/h6-11,19H,12H2,1-5H3. The molecule has 0 spiro atoms. The Morgan fingerprint density at radius 2 is 1.76 bits per heavy atom. The van der Waals surface area contributed by atoms with Gasteiger partial charge in [0.1, 0.15) is 5.75 Å². The van der Waals surface area contributed by atoms with Crippen molar-refractivity contribution in [1.82, 2.24) is 10.3 Å². The van der Waals surface area contributed by atoms with Gasteiger partial charge in [0, 0.05) is 18.0 Å². The van der Waals surface area contributed by atoms with Crippen LogP contribution in [0.15, 0.2) is 36.4 Å². The van der Waals surface area contributed by atoms with E-state index < -0.39 is 0 Å². The van der Waals surface area contributed by atoms with Crippen LogP contribution in [0.25, 0.3) is 0 Å². The second-order valence-electron chi connectivity index (χ2n) is 6.39. The fourth-order valence-electron chi connectivity index (χ4n) is 2.03. The molecule has 1 aromatic heterocycles. The molecule has 1 heterocycles. The van der Waals surface area contributed by atoms with Gasteiger partial charge < -0.3 is 10.1 Å². The van der Waals surface area contributed by atoms with E-state index in [2.05, 4.69) is 44.1 Å². The Morgan fingerprint density at radius 3 is 2.33 bits per heavy atom. The highest BCUT2D eigenvalue weighted by molar-refractivity contribution is 5.33. The van der Waals surface area contributed by atoms with E-state index in [1.54, 1.807) is 0 Å². The lowest BCUT2D eigenvalue weighted by Crippen LogP contribution is -2.15. The number of pyridine rings is 1. The maximum Gasteiger partial charge on any atom is 0.219 e. The topological polar surface area (TPSA) is 34.1 Å². The Kier molecular flexibility index (Phi) is 4.63. The van der Waals surface area contributed by atoms with Crippen molar-refractivity contribution in [3.05, 3.63) is 53.2 Å². The Labute approximate surface area is 127 Å². The van der Waals surface area contributed by atoms with Crippen molar-refractivity contribution in [3.8, 4) is 11.6 Å². The van der Waals surface area contributed by atoms with Crippen molar-refractivity contribution in [2.75, 3.05) is 7.05 Å². The summed E-state index contributed by atoms with van der Waals surface area (Å²) in [5, 5.41) is 3.18. The minimum Gasteiger partial charge on any atom is -0.439 e. The average Bonchev–Trinajstić information content (AvgIpc) is 2.41. The summed E-state index contributed by atoms with van der Waals surface area (Å²) in [7, 11) is 1.94. The molecule has 1 aromatic carbocycles. The fraction of sp³-hybridized carbons (Fsp3) is 0.389. The Hall–Kier alpha value is -1.87. The third-order valence-electron chi connectivity index (χ3n) is 3.25. The predicted molar refractivity (Wildman–Crippen MR) is 87.0 cm³/mol. The molecule has 3 nitrogen and oxygen atoms in total. The zero-order valence-electron chi connectivity index (χ0n) is 13.5. The number of nitrogens with zero attached hydrogens (tertiary/aromatic N) is 1. The van der Waals surface area contributed by atoms with E-state index in [9.17, 15) is 0 Å². The van der Waals surface area contributed by atoms with E-state index in [-0.39, 0.29) is 5.41 Å². The van der Waals surface area contributed by atoms with E-state index in [1.165, 1.54) is 11.1 Å². The first-order valence-electron chi connectivity index (χ1n) is 7.29. The van der Waals surface area contributed by atoms with Gasteiger partial charge in [0.05, 0.1) is 5.69 Å². The monoisotopic (exact) mass is 284 g/mol. The first kappa shape index (κ1) is 15.5. The van der Waals surface area contributed by atoms with Crippen molar-refractivity contribution in [3.63, 3.8) is 0 Å². The lowest BCUT2D eigenvalue weighted by atomic mass is 9.91.